The van der Waals surface area contributed by atoms with Crippen molar-refractivity contribution < 1.29 is 24.2 Å². The van der Waals surface area contributed by atoms with E-state index in [2.05, 4.69) is 0 Å². The second-order valence-electron chi connectivity index (χ2n) is 5.86. The molecule has 6 nitrogen and oxygen atoms in total. The Morgan fingerprint density at radius 1 is 1.17 bits per heavy atom. The van der Waals surface area contributed by atoms with Crippen molar-refractivity contribution in [2.75, 3.05) is 13.1 Å². The summed E-state index contributed by atoms with van der Waals surface area (Å²) in [4.78, 5) is 36.8. The number of carbonyl (C=O) groups is 3. The van der Waals surface area contributed by atoms with Gasteiger partial charge in [0.15, 0.2) is 11.9 Å². The molecule has 2 rings (SSSR count). The predicted molar refractivity (Wildman–Crippen MR) is 83.3 cm³/mol. The molecule has 1 aromatic rings. The van der Waals surface area contributed by atoms with Crippen molar-refractivity contribution in [3.05, 3.63) is 35.4 Å². The van der Waals surface area contributed by atoms with Crippen molar-refractivity contribution in [2.24, 2.45) is 0 Å². The van der Waals surface area contributed by atoms with Gasteiger partial charge in [0.2, 0.25) is 5.91 Å². The lowest BCUT2D eigenvalue weighted by Gasteiger charge is -2.35. The van der Waals surface area contributed by atoms with Crippen LogP contribution in [0, 0.1) is 6.92 Å². The van der Waals surface area contributed by atoms with Crippen molar-refractivity contribution in [1.82, 2.24) is 4.90 Å². The Hall–Kier alpha value is -2.21. The van der Waals surface area contributed by atoms with Crippen LogP contribution in [0.5, 0.6) is 0 Å². The Morgan fingerprint density at radius 3 is 2.43 bits per heavy atom. The molecule has 1 saturated heterocycles. The molecule has 1 amide bonds. The lowest BCUT2D eigenvalue weighted by Crippen LogP contribution is -2.51. The molecular formula is C17H21NO5. The molecule has 1 fully saturated rings. The van der Waals surface area contributed by atoms with Gasteiger partial charge in [-0.3, -0.25) is 9.59 Å². The average Bonchev–Trinajstić information content (AvgIpc) is 2.52. The van der Waals surface area contributed by atoms with E-state index in [-0.39, 0.29) is 37.2 Å². The number of aliphatic carboxylic acids is 1. The van der Waals surface area contributed by atoms with E-state index < -0.39 is 12.1 Å². The van der Waals surface area contributed by atoms with E-state index in [0.29, 0.717) is 12.1 Å². The number of Topliss-reactive ketones (excluding diaryl/α,β-unsaturated/α-hetero) is 1. The summed E-state index contributed by atoms with van der Waals surface area (Å²) in [5, 5.41) is 9.03. The molecule has 1 heterocycles. The van der Waals surface area contributed by atoms with Crippen molar-refractivity contribution in [3.8, 4) is 0 Å². The molecule has 1 aliphatic heterocycles. The summed E-state index contributed by atoms with van der Waals surface area (Å²) in [5.41, 5.74) is 1.65. The molecule has 0 radical (unpaired) electrons. The molecule has 0 aromatic heterocycles. The van der Waals surface area contributed by atoms with Crippen LogP contribution in [0.4, 0.5) is 0 Å². The summed E-state index contributed by atoms with van der Waals surface area (Å²) in [5.74, 6) is -1.38. The molecule has 0 aliphatic carbocycles. The van der Waals surface area contributed by atoms with E-state index >= 15 is 0 Å². The van der Waals surface area contributed by atoms with Gasteiger partial charge in [0.1, 0.15) is 0 Å². The number of ether oxygens (including phenoxy) is 1. The number of nitrogens with zero attached hydrogens (tertiary/aromatic N) is 1. The first-order chi connectivity index (χ1) is 10.9. The van der Waals surface area contributed by atoms with E-state index in [1.165, 1.54) is 4.90 Å². The number of hydrogen-bond acceptors (Lipinski definition) is 4. The first-order valence-corrected chi connectivity index (χ1v) is 7.62. The highest BCUT2D eigenvalue weighted by Crippen LogP contribution is 2.14. The van der Waals surface area contributed by atoms with Crippen LogP contribution in [0.25, 0.3) is 0 Å². The highest BCUT2D eigenvalue weighted by Gasteiger charge is 2.32. The summed E-state index contributed by atoms with van der Waals surface area (Å²) in [6.45, 7) is 4.04. The Kier molecular flexibility index (Phi) is 5.50. The minimum absolute atomic E-state index is 0.0250. The van der Waals surface area contributed by atoms with Gasteiger partial charge in [0.05, 0.1) is 12.6 Å². The molecule has 6 heteroatoms. The van der Waals surface area contributed by atoms with Gasteiger partial charge >= 0.3 is 5.97 Å². The van der Waals surface area contributed by atoms with Crippen LogP contribution >= 0.6 is 0 Å². The standard InChI is InChI=1S/C17H21NO5/c1-11-3-5-13(6-4-11)14(19)7-8-16(20)18-9-12(2)23-15(10-18)17(21)22/h3-6,12,15H,7-10H2,1-2H3,(H,21,22)/t12-,15?/m1/s1. The smallest absolute Gasteiger partial charge is 0.334 e. The van der Waals surface area contributed by atoms with Gasteiger partial charge in [-0.05, 0) is 13.8 Å². The number of aryl methyl sites for hydroxylation is 1. The fraction of sp³-hybridized carbons (Fsp3) is 0.471. The molecular weight excluding hydrogens is 298 g/mol. The fourth-order valence-electron chi connectivity index (χ4n) is 2.55. The second kappa shape index (κ2) is 7.37. The third-order valence-electron chi connectivity index (χ3n) is 3.83. The van der Waals surface area contributed by atoms with Gasteiger partial charge in [0, 0.05) is 24.9 Å². The maximum Gasteiger partial charge on any atom is 0.334 e. The summed E-state index contributed by atoms with van der Waals surface area (Å²) in [6.07, 6.45) is -1.14. The van der Waals surface area contributed by atoms with Gasteiger partial charge in [-0.25, -0.2) is 4.79 Å². The first kappa shape index (κ1) is 17.1. The number of hydrogen-bond donors (Lipinski definition) is 1. The highest BCUT2D eigenvalue weighted by molar-refractivity contribution is 5.98. The molecule has 124 valence electrons. The van der Waals surface area contributed by atoms with E-state index in [4.69, 9.17) is 9.84 Å². The molecule has 1 N–H and O–H groups in total. The quantitative estimate of drug-likeness (QED) is 0.834. The number of benzene rings is 1. The third kappa shape index (κ3) is 4.63. The normalized spacial score (nSPS) is 21.0. The van der Waals surface area contributed by atoms with Crippen molar-refractivity contribution in [2.45, 2.75) is 38.9 Å². The van der Waals surface area contributed by atoms with E-state index in [9.17, 15) is 14.4 Å². The zero-order valence-corrected chi connectivity index (χ0v) is 13.3. The minimum Gasteiger partial charge on any atom is -0.479 e. The monoisotopic (exact) mass is 319 g/mol. The largest absolute Gasteiger partial charge is 0.479 e. The number of carboxylic acid groups (broad SMARTS) is 1. The zero-order chi connectivity index (χ0) is 17.0. The lowest BCUT2D eigenvalue weighted by atomic mass is 10.0. The predicted octanol–water partition coefficient (Wildman–Crippen LogP) is 1.66. The topological polar surface area (TPSA) is 83.9 Å². The van der Waals surface area contributed by atoms with Gasteiger partial charge in [-0.2, -0.15) is 0 Å². The summed E-state index contributed by atoms with van der Waals surface area (Å²) >= 11 is 0. The third-order valence-corrected chi connectivity index (χ3v) is 3.83. The van der Waals surface area contributed by atoms with E-state index in [0.717, 1.165) is 5.56 Å². The molecule has 23 heavy (non-hydrogen) atoms. The van der Waals surface area contributed by atoms with Crippen LogP contribution in [-0.2, 0) is 14.3 Å². The van der Waals surface area contributed by atoms with Gasteiger partial charge in [-0.15, -0.1) is 0 Å². The Bertz CT molecular complexity index is 596. The molecule has 1 unspecified atom stereocenters. The Labute approximate surface area is 135 Å². The van der Waals surface area contributed by atoms with Crippen LogP contribution in [0.2, 0.25) is 0 Å². The average molecular weight is 319 g/mol. The summed E-state index contributed by atoms with van der Waals surface area (Å²) in [6, 6.07) is 7.21. The van der Waals surface area contributed by atoms with Crippen LogP contribution in [-0.4, -0.2) is 53.0 Å². The van der Waals surface area contributed by atoms with Crippen LogP contribution in [0.1, 0.15) is 35.7 Å². The Balaban J connectivity index is 1.89. The maximum absolute atomic E-state index is 12.2. The summed E-state index contributed by atoms with van der Waals surface area (Å²) < 4.78 is 5.27. The van der Waals surface area contributed by atoms with Crippen LogP contribution in [0.3, 0.4) is 0 Å². The molecule has 0 bridgehead atoms. The first-order valence-electron chi connectivity index (χ1n) is 7.62. The SMILES string of the molecule is Cc1ccc(C(=O)CCC(=O)N2CC(C(=O)O)O[C@H](C)C2)cc1. The Morgan fingerprint density at radius 2 is 1.83 bits per heavy atom. The molecule has 0 saturated carbocycles. The number of carboxylic acids is 1. The van der Waals surface area contributed by atoms with Gasteiger partial charge in [0.25, 0.3) is 0 Å². The lowest BCUT2D eigenvalue weighted by molar-refractivity contribution is -0.166. The van der Waals surface area contributed by atoms with E-state index in [1.807, 2.05) is 19.1 Å². The minimum atomic E-state index is -1.08. The maximum atomic E-state index is 12.2. The molecule has 0 spiro atoms. The molecule has 1 aliphatic rings. The number of rotatable bonds is 5. The van der Waals surface area contributed by atoms with E-state index in [1.54, 1.807) is 19.1 Å². The number of ketones is 1. The second-order valence-corrected chi connectivity index (χ2v) is 5.86. The fourth-order valence-corrected chi connectivity index (χ4v) is 2.55. The summed E-state index contributed by atoms with van der Waals surface area (Å²) in [7, 11) is 0. The zero-order valence-electron chi connectivity index (χ0n) is 13.3. The number of amides is 1. The van der Waals surface area contributed by atoms with Gasteiger partial charge < -0.3 is 14.7 Å². The van der Waals surface area contributed by atoms with Crippen molar-refractivity contribution in [3.63, 3.8) is 0 Å². The number of morpholine rings is 1. The number of carbonyl (C=O) groups excluding carboxylic acids is 2. The van der Waals surface area contributed by atoms with Crippen LogP contribution < -0.4 is 0 Å². The highest BCUT2D eigenvalue weighted by atomic mass is 16.5. The van der Waals surface area contributed by atoms with Gasteiger partial charge in [-0.1, -0.05) is 29.8 Å². The van der Waals surface area contributed by atoms with Crippen LogP contribution in [0.15, 0.2) is 24.3 Å². The van der Waals surface area contributed by atoms with Crippen molar-refractivity contribution in [1.29, 1.82) is 0 Å². The molecule has 2 atom stereocenters. The van der Waals surface area contributed by atoms with Crippen molar-refractivity contribution >= 4 is 17.7 Å². The molecule has 1 aromatic carbocycles.